The van der Waals surface area contributed by atoms with Gasteiger partial charge < -0.3 is 14.1 Å². The highest BCUT2D eigenvalue weighted by molar-refractivity contribution is 5.99. The first-order chi connectivity index (χ1) is 15.5. The van der Waals surface area contributed by atoms with Gasteiger partial charge in [0.15, 0.2) is 5.43 Å². The number of hydrogen-bond acceptors (Lipinski definition) is 4. The molecular weight excluding hydrogens is 409 g/mol. The van der Waals surface area contributed by atoms with Crippen molar-refractivity contribution in [1.82, 2.24) is 4.90 Å². The van der Waals surface area contributed by atoms with Crippen LogP contribution >= 0.6 is 0 Å². The van der Waals surface area contributed by atoms with Gasteiger partial charge in [0.2, 0.25) is 5.76 Å². The van der Waals surface area contributed by atoms with Gasteiger partial charge in [0.25, 0.3) is 5.91 Å². The molecule has 1 aromatic heterocycles. The van der Waals surface area contributed by atoms with E-state index in [4.69, 9.17) is 9.15 Å². The number of methoxy groups -OCH3 is 1. The molecule has 1 unspecified atom stereocenters. The first-order valence-electron chi connectivity index (χ1n) is 10.2. The minimum absolute atomic E-state index is 0.0429. The highest BCUT2D eigenvalue weighted by Gasteiger charge is 2.42. The van der Waals surface area contributed by atoms with Crippen molar-refractivity contribution in [2.75, 3.05) is 7.11 Å². The Balaban J connectivity index is 1.72. The highest BCUT2D eigenvalue weighted by Crippen LogP contribution is 2.40. The number of hydrogen-bond donors (Lipinski definition) is 0. The summed E-state index contributed by atoms with van der Waals surface area (Å²) in [7, 11) is 1.56. The number of ether oxygens (including phenoxy) is 1. The quantitative estimate of drug-likeness (QED) is 0.458. The number of aryl methyl sites for hydroxylation is 1. The molecule has 1 atom stereocenters. The number of benzene rings is 3. The molecule has 2 heterocycles. The number of amides is 1. The molecule has 3 aromatic carbocycles. The van der Waals surface area contributed by atoms with Gasteiger partial charge in [-0.05, 0) is 54.4 Å². The molecule has 0 N–H and O–H groups in total. The molecule has 0 saturated carbocycles. The Bertz CT molecular complexity index is 1410. The van der Waals surface area contributed by atoms with Crippen LogP contribution < -0.4 is 10.2 Å². The molecule has 0 aliphatic carbocycles. The van der Waals surface area contributed by atoms with E-state index in [1.807, 2.05) is 31.2 Å². The van der Waals surface area contributed by atoms with Crippen molar-refractivity contribution in [3.8, 4) is 5.75 Å². The lowest BCUT2D eigenvalue weighted by molar-refractivity contribution is 0.0714. The molecule has 0 fully saturated rings. The van der Waals surface area contributed by atoms with Crippen LogP contribution in [-0.4, -0.2) is 17.9 Å². The first kappa shape index (κ1) is 20.0. The molecule has 5 rings (SSSR count). The SMILES string of the molecule is COc1cccc(C2c3c(oc4ccc(C)cc4c3=O)C(=O)N2Cc2ccc(F)cc2)c1. The van der Waals surface area contributed by atoms with Crippen LogP contribution in [0.4, 0.5) is 4.39 Å². The van der Waals surface area contributed by atoms with Gasteiger partial charge in [0.05, 0.1) is 24.1 Å². The Morgan fingerprint density at radius 2 is 1.81 bits per heavy atom. The van der Waals surface area contributed by atoms with Crippen molar-refractivity contribution in [1.29, 1.82) is 0 Å². The third-order valence-corrected chi connectivity index (χ3v) is 5.80. The van der Waals surface area contributed by atoms with Crippen LogP contribution in [0.5, 0.6) is 5.75 Å². The van der Waals surface area contributed by atoms with Crippen LogP contribution in [0, 0.1) is 12.7 Å². The molecule has 0 saturated heterocycles. The van der Waals surface area contributed by atoms with Gasteiger partial charge >= 0.3 is 0 Å². The predicted molar refractivity (Wildman–Crippen MR) is 118 cm³/mol. The lowest BCUT2D eigenvalue weighted by Gasteiger charge is -2.25. The fourth-order valence-corrected chi connectivity index (χ4v) is 4.24. The van der Waals surface area contributed by atoms with E-state index in [0.29, 0.717) is 22.3 Å². The summed E-state index contributed by atoms with van der Waals surface area (Å²) in [5.41, 5.74) is 2.86. The molecule has 6 heteroatoms. The largest absolute Gasteiger partial charge is 0.497 e. The second kappa shape index (κ2) is 7.64. The van der Waals surface area contributed by atoms with Crippen molar-refractivity contribution >= 4 is 16.9 Å². The molecule has 5 nitrogen and oxygen atoms in total. The highest BCUT2D eigenvalue weighted by atomic mass is 19.1. The normalized spacial score (nSPS) is 15.3. The predicted octanol–water partition coefficient (Wildman–Crippen LogP) is 4.99. The Kier molecular flexibility index (Phi) is 4.78. The summed E-state index contributed by atoms with van der Waals surface area (Å²) in [4.78, 5) is 28.6. The summed E-state index contributed by atoms with van der Waals surface area (Å²) in [5.74, 6) is -0.0725. The summed E-state index contributed by atoms with van der Waals surface area (Å²) in [6.07, 6.45) is 0. The van der Waals surface area contributed by atoms with Crippen molar-refractivity contribution in [3.63, 3.8) is 0 Å². The van der Waals surface area contributed by atoms with E-state index in [-0.39, 0.29) is 29.5 Å². The topological polar surface area (TPSA) is 59.8 Å². The third kappa shape index (κ3) is 3.24. The van der Waals surface area contributed by atoms with Crippen LogP contribution in [0.15, 0.2) is 75.9 Å². The maximum absolute atomic E-state index is 13.6. The smallest absolute Gasteiger partial charge is 0.291 e. The molecule has 0 bridgehead atoms. The first-order valence-corrected chi connectivity index (χ1v) is 10.2. The average molecular weight is 429 g/mol. The zero-order chi connectivity index (χ0) is 22.4. The Hall–Kier alpha value is -3.93. The summed E-state index contributed by atoms with van der Waals surface area (Å²) < 4.78 is 24.7. The van der Waals surface area contributed by atoms with Gasteiger partial charge in [-0.2, -0.15) is 0 Å². The van der Waals surface area contributed by atoms with Crippen molar-refractivity contribution < 1.29 is 18.3 Å². The van der Waals surface area contributed by atoms with E-state index in [1.54, 1.807) is 42.3 Å². The second-order valence-electron chi connectivity index (χ2n) is 7.91. The molecular formula is C26H20FNO4. The fourth-order valence-electron chi connectivity index (χ4n) is 4.24. The van der Waals surface area contributed by atoms with E-state index in [0.717, 1.165) is 16.7 Å². The van der Waals surface area contributed by atoms with Gasteiger partial charge in [0, 0.05) is 6.54 Å². The molecule has 1 aliphatic rings. The van der Waals surface area contributed by atoms with E-state index >= 15 is 0 Å². The number of carbonyl (C=O) groups excluding carboxylic acids is 1. The van der Waals surface area contributed by atoms with Gasteiger partial charge in [0.1, 0.15) is 17.1 Å². The van der Waals surface area contributed by atoms with Crippen molar-refractivity contribution in [2.45, 2.75) is 19.5 Å². The minimum atomic E-state index is -0.654. The molecule has 160 valence electrons. The number of halogens is 1. The van der Waals surface area contributed by atoms with Gasteiger partial charge in [-0.3, -0.25) is 9.59 Å². The van der Waals surface area contributed by atoms with Crippen LogP contribution in [0.3, 0.4) is 0 Å². The zero-order valence-corrected chi connectivity index (χ0v) is 17.6. The van der Waals surface area contributed by atoms with Gasteiger partial charge in [-0.1, -0.05) is 35.9 Å². The fraction of sp³-hybridized carbons (Fsp3) is 0.154. The number of rotatable bonds is 4. The molecule has 4 aromatic rings. The maximum Gasteiger partial charge on any atom is 0.291 e. The van der Waals surface area contributed by atoms with Crippen LogP contribution in [0.1, 0.15) is 38.9 Å². The Morgan fingerprint density at radius 1 is 1.03 bits per heavy atom. The summed E-state index contributed by atoms with van der Waals surface area (Å²) in [6.45, 7) is 2.09. The van der Waals surface area contributed by atoms with E-state index in [2.05, 4.69) is 0 Å². The maximum atomic E-state index is 13.6. The standard InChI is InChI=1S/C26H20FNO4/c1-15-6-11-21-20(12-15)24(29)22-23(17-4-3-5-19(13-17)31-2)28(26(30)25(22)32-21)14-16-7-9-18(27)10-8-16/h3-13,23H,14H2,1-2H3. The average Bonchev–Trinajstić information content (AvgIpc) is 3.08. The van der Waals surface area contributed by atoms with Crippen LogP contribution in [0.25, 0.3) is 11.0 Å². The van der Waals surface area contributed by atoms with E-state index in [1.165, 1.54) is 12.1 Å². The van der Waals surface area contributed by atoms with Gasteiger partial charge in [-0.15, -0.1) is 0 Å². The third-order valence-electron chi connectivity index (χ3n) is 5.80. The molecule has 0 spiro atoms. The second-order valence-corrected chi connectivity index (χ2v) is 7.91. The monoisotopic (exact) mass is 429 g/mol. The summed E-state index contributed by atoms with van der Waals surface area (Å²) in [6, 6.07) is 17.9. The zero-order valence-electron chi connectivity index (χ0n) is 17.6. The number of fused-ring (bicyclic) bond motifs is 2. The molecule has 32 heavy (non-hydrogen) atoms. The van der Waals surface area contributed by atoms with Crippen LogP contribution in [-0.2, 0) is 6.54 Å². The van der Waals surface area contributed by atoms with E-state index < -0.39 is 6.04 Å². The van der Waals surface area contributed by atoms with Gasteiger partial charge in [-0.25, -0.2) is 4.39 Å². The Morgan fingerprint density at radius 3 is 2.56 bits per heavy atom. The minimum Gasteiger partial charge on any atom is -0.497 e. The van der Waals surface area contributed by atoms with Crippen molar-refractivity contribution in [3.05, 3.63) is 111 Å². The number of nitrogens with zero attached hydrogens (tertiary/aromatic N) is 1. The number of carbonyl (C=O) groups is 1. The molecule has 1 amide bonds. The van der Waals surface area contributed by atoms with Crippen LogP contribution in [0.2, 0.25) is 0 Å². The molecule has 1 aliphatic heterocycles. The summed E-state index contributed by atoms with van der Waals surface area (Å²) in [5, 5.41) is 0.438. The summed E-state index contributed by atoms with van der Waals surface area (Å²) >= 11 is 0. The molecule has 0 radical (unpaired) electrons. The Labute approximate surface area is 183 Å². The van der Waals surface area contributed by atoms with E-state index in [9.17, 15) is 14.0 Å². The lowest BCUT2D eigenvalue weighted by atomic mass is 9.97. The van der Waals surface area contributed by atoms with Crippen molar-refractivity contribution in [2.24, 2.45) is 0 Å². The lowest BCUT2D eigenvalue weighted by Crippen LogP contribution is -2.29.